The molecule has 0 spiro atoms. The van der Waals surface area contributed by atoms with Gasteiger partial charge in [-0.15, -0.1) is 0 Å². The number of carbonyl (C=O) groups is 3. The Morgan fingerprint density at radius 2 is 1.76 bits per heavy atom. The third kappa shape index (κ3) is 6.56. The van der Waals surface area contributed by atoms with Gasteiger partial charge in [-0.05, 0) is 18.1 Å². The van der Waals surface area contributed by atoms with E-state index in [0.717, 1.165) is 17.7 Å². The van der Waals surface area contributed by atoms with Crippen LogP contribution in [-0.2, 0) is 20.8 Å². The Hall–Kier alpha value is -2.37. The first kappa shape index (κ1) is 16.7. The Balaban J connectivity index is 2.34. The molecule has 0 bridgehead atoms. The summed E-state index contributed by atoms with van der Waals surface area (Å²) in [6, 6.07) is 7.54. The topological polar surface area (TPSA) is 87.3 Å². The highest BCUT2D eigenvalue weighted by molar-refractivity contribution is 5.95. The molecule has 114 valence electrons. The van der Waals surface area contributed by atoms with Gasteiger partial charge in [-0.2, -0.15) is 0 Å². The summed E-state index contributed by atoms with van der Waals surface area (Å²) in [6.45, 7) is 3.57. The smallest absolute Gasteiger partial charge is 0.243 e. The number of amides is 3. The van der Waals surface area contributed by atoms with Crippen molar-refractivity contribution in [2.24, 2.45) is 0 Å². The minimum absolute atomic E-state index is 0.0864. The van der Waals surface area contributed by atoms with E-state index in [0.29, 0.717) is 0 Å². The van der Waals surface area contributed by atoms with Gasteiger partial charge in [-0.3, -0.25) is 14.4 Å². The summed E-state index contributed by atoms with van der Waals surface area (Å²) in [7, 11) is 0. The van der Waals surface area contributed by atoms with Crippen LogP contribution < -0.4 is 16.0 Å². The summed E-state index contributed by atoms with van der Waals surface area (Å²) in [6.07, 6.45) is 0.970. The second-order valence-electron chi connectivity index (χ2n) is 4.57. The molecule has 1 aromatic carbocycles. The Bertz CT molecular complexity index is 515. The first-order valence-corrected chi connectivity index (χ1v) is 6.91. The first-order chi connectivity index (χ1) is 10.0. The summed E-state index contributed by atoms with van der Waals surface area (Å²) in [5.74, 6) is -0.733. The van der Waals surface area contributed by atoms with E-state index in [-0.39, 0.29) is 37.2 Å². The zero-order chi connectivity index (χ0) is 15.7. The quantitative estimate of drug-likeness (QED) is 0.695. The van der Waals surface area contributed by atoms with Gasteiger partial charge in [-0.1, -0.05) is 25.1 Å². The van der Waals surface area contributed by atoms with Gasteiger partial charge < -0.3 is 16.0 Å². The molecular formula is C15H21N3O3. The van der Waals surface area contributed by atoms with Gasteiger partial charge in [0, 0.05) is 25.6 Å². The van der Waals surface area contributed by atoms with Gasteiger partial charge in [0.05, 0.1) is 6.54 Å². The predicted octanol–water partition coefficient (Wildman–Crippen LogP) is 0.830. The lowest BCUT2D eigenvalue weighted by molar-refractivity contribution is -0.124. The number of aryl methyl sites for hydroxylation is 1. The lowest BCUT2D eigenvalue weighted by Crippen LogP contribution is -2.35. The number of para-hydroxylation sites is 1. The van der Waals surface area contributed by atoms with Crippen LogP contribution in [0.1, 0.15) is 25.8 Å². The van der Waals surface area contributed by atoms with Crippen molar-refractivity contribution in [2.75, 3.05) is 18.4 Å². The van der Waals surface area contributed by atoms with Crippen molar-refractivity contribution in [2.45, 2.75) is 26.7 Å². The first-order valence-electron chi connectivity index (χ1n) is 6.91. The average Bonchev–Trinajstić information content (AvgIpc) is 2.45. The highest BCUT2D eigenvalue weighted by atomic mass is 16.2. The van der Waals surface area contributed by atoms with E-state index in [1.807, 2.05) is 31.2 Å². The molecule has 6 heteroatoms. The van der Waals surface area contributed by atoms with Gasteiger partial charge in [-0.25, -0.2) is 0 Å². The van der Waals surface area contributed by atoms with Crippen LogP contribution in [0.5, 0.6) is 0 Å². The van der Waals surface area contributed by atoms with E-state index in [9.17, 15) is 14.4 Å². The molecule has 3 N–H and O–H groups in total. The molecule has 1 rings (SSSR count). The Labute approximate surface area is 124 Å². The van der Waals surface area contributed by atoms with Crippen LogP contribution in [0.15, 0.2) is 24.3 Å². The number of hydrogen-bond donors (Lipinski definition) is 3. The van der Waals surface area contributed by atoms with E-state index in [4.69, 9.17) is 0 Å². The Morgan fingerprint density at radius 3 is 2.43 bits per heavy atom. The molecule has 0 heterocycles. The van der Waals surface area contributed by atoms with E-state index in [1.54, 1.807) is 0 Å². The normalized spacial score (nSPS) is 9.81. The SMILES string of the molecule is CCc1ccccc1NC(=O)CNC(=O)CCNC(C)=O. The van der Waals surface area contributed by atoms with E-state index < -0.39 is 0 Å². The monoisotopic (exact) mass is 291 g/mol. The van der Waals surface area contributed by atoms with Crippen molar-refractivity contribution < 1.29 is 14.4 Å². The van der Waals surface area contributed by atoms with Crippen LogP contribution in [0.2, 0.25) is 0 Å². The lowest BCUT2D eigenvalue weighted by atomic mass is 10.1. The molecule has 3 amide bonds. The molecule has 0 fully saturated rings. The molecule has 0 radical (unpaired) electrons. The molecular weight excluding hydrogens is 270 g/mol. The molecule has 1 aromatic rings. The lowest BCUT2D eigenvalue weighted by Gasteiger charge is -2.10. The van der Waals surface area contributed by atoms with Gasteiger partial charge in [0.25, 0.3) is 0 Å². The summed E-state index contributed by atoms with van der Waals surface area (Å²) in [4.78, 5) is 33.9. The maximum Gasteiger partial charge on any atom is 0.243 e. The van der Waals surface area contributed by atoms with Crippen molar-refractivity contribution in [3.63, 3.8) is 0 Å². The molecule has 0 aromatic heterocycles. The minimum atomic E-state index is -0.275. The van der Waals surface area contributed by atoms with Crippen molar-refractivity contribution in [3.8, 4) is 0 Å². The number of hydrogen-bond acceptors (Lipinski definition) is 3. The number of nitrogens with one attached hydrogen (secondary N) is 3. The van der Waals surface area contributed by atoms with E-state index >= 15 is 0 Å². The standard InChI is InChI=1S/C15H21N3O3/c1-3-12-6-4-5-7-13(12)18-15(21)10-17-14(20)8-9-16-11(2)19/h4-7H,3,8-10H2,1-2H3,(H,16,19)(H,17,20)(H,18,21). The summed E-state index contributed by atoms with van der Waals surface area (Å²) >= 11 is 0. The van der Waals surface area contributed by atoms with Gasteiger partial charge >= 0.3 is 0 Å². The van der Waals surface area contributed by atoms with Crippen molar-refractivity contribution in [1.29, 1.82) is 0 Å². The Kier molecular flexibility index (Phi) is 6.94. The summed E-state index contributed by atoms with van der Waals surface area (Å²) in [5.41, 5.74) is 1.81. The van der Waals surface area contributed by atoms with Crippen LogP contribution in [0.4, 0.5) is 5.69 Å². The predicted molar refractivity (Wildman–Crippen MR) is 80.8 cm³/mol. The largest absolute Gasteiger partial charge is 0.356 e. The zero-order valence-corrected chi connectivity index (χ0v) is 12.4. The molecule has 21 heavy (non-hydrogen) atoms. The van der Waals surface area contributed by atoms with E-state index in [1.165, 1.54) is 6.92 Å². The molecule has 0 aliphatic rings. The van der Waals surface area contributed by atoms with Gasteiger partial charge in [0.15, 0.2) is 0 Å². The zero-order valence-electron chi connectivity index (χ0n) is 12.4. The van der Waals surface area contributed by atoms with Crippen LogP contribution in [-0.4, -0.2) is 30.8 Å². The fourth-order valence-corrected chi connectivity index (χ4v) is 1.76. The number of carbonyl (C=O) groups excluding carboxylic acids is 3. The highest BCUT2D eigenvalue weighted by Gasteiger charge is 2.07. The maximum absolute atomic E-state index is 11.8. The number of anilines is 1. The van der Waals surface area contributed by atoms with Gasteiger partial charge in [0.1, 0.15) is 0 Å². The van der Waals surface area contributed by atoms with Crippen LogP contribution in [0, 0.1) is 0 Å². The fourth-order valence-electron chi connectivity index (χ4n) is 1.76. The number of benzene rings is 1. The fraction of sp³-hybridized carbons (Fsp3) is 0.400. The highest BCUT2D eigenvalue weighted by Crippen LogP contribution is 2.14. The molecule has 0 aliphatic heterocycles. The van der Waals surface area contributed by atoms with E-state index in [2.05, 4.69) is 16.0 Å². The van der Waals surface area contributed by atoms with Crippen molar-refractivity contribution in [1.82, 2.24) is 10.6 Å². The second kappa shape index (κ2) is 8.73. The second-order valence-corrected chi connectivity index (χ2v) is 4.57. The maximum atomic E-state index is 11.8. The molecule has 0 saturated carbocycles. The minimum Gasteiger partial charge on any atom is -0.356 e. The van der Waals surface area contributed by atoms with Gasteiger partial charge in [0.2, 0.25) is 17.7 Å². The molecule has 0 unspecified atom stereocenters. The number of rotatable bonds is 7. The third-order valence-corrected chi connectivity index (χ3v) is 2.84. The van der Waals surface area contributed by atoms with Crippen molar-refractivity contribution >= 4 is 23.4 Å². The molecule has 0 atom stereocenters. The third-order valence-electron chi connectivity index (χ3n) is 2.84. The van der Waals surface area contributed by atoms with Crippen molar-refractivity contribution in [3.05, 3.63) is 29.8 Å². The molecule has 0 aliphatic carbocycles. The average molecular weight is 291 g/mol. The molecule has 6 nitrogen and oxygen atoms in total. The summed E-state index contributed by atoms with van der Waals surface area (Å²) in [5, 5.41) is 7.80. The Morgan fingerprint density at radius 1 is 1.05 bits per heavy atom. The van der Waals surface area contributed by atoms with Crippen LogP contribution in [0.3, 0.4) is 0 Å². The molecule has 0 saturated heterocycles. The summed E-state index contributed by atoms with van der Waals surface area (Å²) < 4.78 is 0. The van der Waals surface area contributed by atoms with Crippen LogP contribution >= 0.6 is 0 Å². The van der Waals surface area contributed by atoms with Crippen LogP contribution in [0.25, 0.3) is 0 Å².